The number of carbonyl (C=O) groups is 1. The van der Waals surface area contributed by atoms with Crippen LogP contribution in [0.25, 0.3) is 10.9 Å². The Bertz CT molecular complexity index is 932. The van der Waals surface area contributed by atoms with E-state index in [-0.39, 0.29) is 5.97 Å². The summed E-state index contributed by atoms with van der Waals surface area (Å²) in [5, 5.41) is 8.13. The number of aromatic nitrogens is 1. The maximum atomic E-state index is 11.4. The number of methoxy groups -OCH3 is 1. The minimum atomic E-state index is -0.355. The Morgan fingerprint density at radius 2 is 1.96 bits per heavy atom. The van der Waals surface area contributed by atoms with Gasteiger partial charge in [0, 0.05) is 29.3 Å². The van der Waals surface area contributed by atoms with E-state index in [0.29, 0.717) is 10.7 Å². The minimum Gasteiger partial charge on any atom is -0.465 e. The average molecular weight is 367 g/mol. The topological polar surface area (TPSA) is 66.2 Å². The summed E-state index contributed by atoms with van der Waals surface area (Å²) in [7, 11) is 1.36. The number of H-pyrrole nitrogens is 1. The van der Waals surface area contributed by atoms with Crippen LogP contribution in [0.4, 0.5) is 5.69 Å². The van der Waals surface area contributed by atoms with Gasteiger partial charge in [0.25, 0.3) is 0 Å². The number of hydrogen-bond acceptors (Lipinski definition) is 3. The van der Waals surface area contributed by atoms with Gasteiger partial charge in [-0.15, -0.1) is 0 Å². The maximum absolute atomic E-state index is 11.4. The first-order chi connectivity index (χ1) is 12.6. The van der Waals surface area contributed by atoms with Crippen molar-refractivity contribution >= 4 is 39.9 Å². The van der Waals surface area contributed by atoms with E-state index in [1.54, 1.807) is 24.3 Å². The largest absolute Gasteiger partial charge is 0.465 e. The second-order valence-corrected chi connectivity index (χ2v) is 6.47. The molecule has 0 radical (unpaired) electrons. The molecule has 134 valence electrons. The van der Waals surface area contributed by atoms with Gasteiger partial charge in [0.05, 0.1) is 12.7 Å². The lowest BCUT2D eigenvalue weighted by Gasteiger charge is -2.10. The summed E-state index contributed by atoms with van der Waals surface area (Å²) in [5.74, 6) is -0.355. The van der Waals surface area contributed by atoms with Crippen molar-refractivity contribution in [1.29, 1.82) is 0 Å². The van der Waals surface area contributed by atoms with Gasteiger partial charge in [-0.1, -0.05) is 11.6 Å². The number of aryl methyl sites for hydroxylation is 1. The Morgan fingerprint density at radius 1 is 1.19 bits per heavy atom. The monoisotopic (exact) mass is 367 g/mol. The van der Waals surface area contributed by atoms with Gasteiger partial charge in [0.1, 0.15) is 0 Å². The van der Waals surface area contributed by atoms with Crippen molar-refractivity contribution in [2.75, 3.05) is 19.0 Å². The number of thiocarbonyl (C=S) groups is 1. The molecule has 0 atom stereocenters. The van der Waals surface area contributed by atoms with Crippen LogP contribution in [0.2, 0.25) is 0 Å². The lowest BCUT2D eigenvalue weighted by molar-refractivity contribution is 0.0601. The molecular formula is C20H21N3O2S. The van der Waals surface area contributed by atoms with Crippen LogP contribution in [0.3, 0.4) is 0 Å². The first kappa shape index (κ1) is 17.9. The number of carbonyl (C=O) groups excluding carboxylic acids is 1. The van der Waals surface area contributed by atoms with E-state index in [4.69, 9.17) is 12.2 Å². The molecule has 0 aliphatic heterocycles. The number of anilines is 1. The van der Waals surface area contributed by atoms with Gasteiger partial charge in [-0.25, -0.2) is 4.79 Å². The van der Waals surface area contributed by atoms with E-state index >= 15 is 0 Å². The van der Waals surface area contributed by atoms with Crippen molar-refractivity contribution < 1.29 is 9.53 Å². The first-order valence-electron chi connectivity index (χ1n) is 8.36. The third-order valence-electron chi connectivity index (χ3n) is 4.17. The molecule has 2 aromatic carbocycles. The van der Waals surface area contributed by atoms with Gasteiger partial charge in [-0.3, -0.25) is 0 Å². The highest BCUT2D eigenvalue weighted by Gasteiger charge is 2.06. The molecule has 5 nitrogen and oxygen atoms in total. The molecule has 0 aliphatic rings. The van der Waals surface area contributed by atoms with Crippen LogP contribution >= 0.6 is 12.2 Å². The lowest BCUT2D eigenvalue weighted by atomic mass is 10.1. The second-order valence-electron chi connectivity index (χ2n) is 6.06. The van der Waals surface area contributed by atoms with Crippen LogP contribution in [0.1, 0.15) is 21.5 Å². The fraction of sp³-hybridized carbons (Fsp3) is 0.200. The van der Waals surface area contributed by atoms with Crippen molar-refractivity contribution in [2.45, 2.75) is 13.3 Å². The number of fused-ring (bicyclic) bond motifs is 1. The predicted octanol–water partition coefficient (Wildman–Crippen LogP) is 3.79. The Morgan fingerprint density at radius 3 is 2.69 bits per heavy atom. The zero-order valence-electron chi connectivity index (χ0n) is 14.8. The van der Waals surface area contributed by atoms with Crippen LogP contribution in [-0.2, 0) is 11.2 Å². The van der Waals surface area contributed by atoms with Crippen LogP contribution in [0.5, 0.6) is 0 Å². The number of esters is 1. The molecule has 3 N–H and O–H groups in total. The Labute approximate surface area is 157 Å². The van der Waals surface area contributed by atoms with E-state index in [9.17, 15) is 4.79 Å². The predicted molar refractivity (Wildman–Crippen MR) is 109 cm³/mol. The number of ether oxygens (including phenoxy) is 1. The molecule has 0 spiro atoms. The van der Waals surface area contributed by atoms with Crippen molar-refractivity contribution in [3.63, 3.8) is 0 Å². The fourth-order valence-corrected chi connectivity index (χ4v) is 3.01. The molecule has 0 aliphatic carbocycles. The van der Waals surface area contributed by atoms with Crippen LogP contribution in [0.15, 0.2) is 48.7 Å². The van der Waals surface area contributed by atoms with Gasteiger partial charge in [-0.2, -0.15) is 0 Å². The van der Waals surface area contributed by atoms with Gasteiger partial charge in [0.15, 0.2) is 5.11 Å². The molecule has 0 bridgehead atoms. The zero-order valence-corrected chi connectivity index (χ0v) is 15.6. The molecule has 1 heterocycles. The van der Waals surface area contributed by atoms with Gasteiger partial charge in [0.2, 0.25) is 0 Å². The van der Waals surface area contributed by atoms with Crippen LogP contribution in [-0.4, -0.2) is 29.7 Å². The summed E-state index contributed by atoms with van der Waals surface area (Å²) in [6.45, 7) is 2.83. The van der Waals surface area contributed by atoms with Crippen molar-refractivity contribution in [3.05, 3.63) is 65.4 Å². The third kappa shape index (κ3) is 4.21. The molecule has 1 aromatic heterocycles. The molecule has 0 amide bonds. The average Bonchev–Trinajstić information content (AvgIpc) is 3.04. The molecule has 26 heavy (non-hydrogen) atoms. The van der Waals surface area contributed by atoms with Crippen molar-refractivity contribution in [1.82, 2.24) is 10.3 Å². The standard InChI is InChI=1S/C20H21N3O2S/c1-13-3-8-18-17(11-13)15(12-22-18)9-10-21-20(26)23-16-6-4-14(5-7-16)19(24)25-2/h3-8,11-12,22H,9-10H2,1-2H3,(H2,21,23,26). The smallest absolute Gasteiger partial charge is 0.337 e. The van der Waals surface area contributed by atoms with Crippen LogP contribution in [0, 0.1) is 6.92 Å². The molecule has 0 unspecified atom stereocenters. The first-order valence-corrected chi connectivity index (χ1v) is 8.77. The Kier molecular flexibility index (Phi) is 5.53. The van der Waals surface area contributed by atoms with Crippen molar-refractivity contribution in [3.8, 4) is 0 Å². The van der Waals surface area contributed by atoms with E-state index in [1.165, 1.54) is 23.6 Å². The zero-order chi connectivity index (χ0) is 18.5. The number of aromatic amines is 1. The van der Waals surface area contributed by atoms with Gasteiger partial charge < -0.3 is 20.4 Å². The molecule has 0 saturated heterocycles. The SMILES string of the molecule is COC(=O)c1ccc(NC(=S)NCCc2c[nH]c3ccc(C)cc23)cc1. The molecule has 3 aromatic rings. The third-order valence-corrected chi connectivity index (χ3v) is 4.41. The molecule has 6 heteroatoms. The highest BCUT2D eigenvalue weighted by molar-refractivity contribution is 7.80. The molecule has 0 fully saturated rings. The number of hydrogen-bond donors (Lipinski definition) is 3. The Hall–Kier alpha value is -2.86. The minimum absolute atomic E-state index is 0.355. The van der Waals surface area contributed by atoms with E-state index in [0.717, 1.165) is 24.2 Å². The van der Waals surface area contributed by atoms with Gasteiger partial charge in [-0.05, 0) is 67.5 Å². The number of benzene rings is 2. The van der Waals surface area contributed by atoms with Gasteiger partial charge >= 0.3 is 5.97 Å². The number of rotatable bonds is 5. The normalized spacial score (nSPS) is 10.5. The number of nitrogens with one attached hydrogen (secondary N) is 3. The fourth-order valence-electron chi connectivity index (χ4n) is 2.79. The van der Waals surface area contributed by atoms with Crippen molar-refractivity contribution in [2.24, 2.45) is 0 Å². The second kappa shape index (κ2) is 8.01. The van der Waals surface area contributed by atoms with E-state index in [2.05, 4.69) is 45.5 Å². The molecular weight excluding hydrogens is 346 g/mol. The maximum Gasteiger partial charge on any atom is 0.337 e. The summed E-state index contributed by atoms with van der Waals surface area (Å²) in [6.07, 6.45) is 2.92. The lowest BCUT2D eigenvalue weighted by Crippen LogP contribution is -2.30. The van der Waals surface area contributed by atoms with Crippen LogP contribution < -0.4 is 10.6 Å². The molecule has 3 rings (SSSR count). The highest BCUT2D eigenvalue weighted by Crippen LogP contribution is 2.19. The summed E-state index contributed by atoms with van der Waals surface area (Å²) < 4.78 is 4.68. The molecule has 0 saturated carbocycles. The summed E-state index contributed by atoms with van der Waals surface area (Å²) >= 11 is 5.33. The summed E-state index contributed by atoms with van der Waals surface area (Å²) in [5.41, 5.74) is 4.99. The summed E-state index contributed by atoms with van der Waals surface area (Å²) in [6, 6.07) is 13.4. The summed E-state index contributed by atoms with van der Waals surface area (Å²) in [4.78, 5) is 14.7. The quantitative estimate of drug-likeness (QED) is 0.473. The Balaban J connectivity index is 1.52. The van der Waals surface area contributed by atoms with E-state index < -0.39 is 0 Å². The highest BCUT2D eigenvalue weighted by atomic mass is 32.1. The van der Waals surface area contributed by atoms with E-state index in [1.807, 2.05) is 6.20 Å².